The molecule has 5 nitrogen and oxygen atoms in total. The zero-order valence-electron chi connectivity index (χ0n) is 9.57. The largest absolute Gasteiger partial charge is 0.363 e. The molecule has 2 rings (SSSR count). The lowest BCUT2D eigenvalue weighted by Gasteiger charge is -2.29. The highest BCUT2D eigenvalue weighted by Crippen LogP contribution is 2.33. The molecule has 0 unspecified atom stereocenters. The molecule has 0 amide bonds. The number of piperazine rings is 1. The fraction of sp³-hybridized carbons (Fsp3) is 0.455. The van der Waals surface area contributed by atoms with Crippen LogP contribution in [0.15, 0.2) is 16.6 Å². The molecule has 1 saturated heterocycles. The van der Waals surface area contributed by atoms with Crippen LogP contribution in [0.4, 0.5) is 11.4 Å². The van der Waals surface area contributed by atoms with Gasteiger partial charge in [0.2, 0.25) is 0 Å². The summed E-state index contributed by atoms with van der Waals surface area (Å²) in [5, 5.41) is 14.3. The maximum atomic E-state index is 11.1. The maximum Gasteiger partial charge on any atom is 0.292 e. The molecule has 0 bridgehead atoms. The first-order valence-electron chi connectivity index (χ1n) is 5.50. The van der Waals surface area contributed by atoms with E-state index in [0.29, 0.717) is 5.69 Å². The molecule has 1 heterocycles. The van der Waals surface area contributed by atoms with E-state index >= 15 is 0 Å². The van der Waals surface area contributed by atoms with Gasteiger partial charge in [0.05, 0.1) is 4.92 Å². The Morgan fingerprint density at radius 2 is 2.06 bits per heavy atom. The number of hydrogen-bond donors (Lipinski definition) is 1. The number of anilines is 1. The number of nitrogens with zero attached hydrogens (tertiary/aromatic N) is 2. The number of hydrogen-bond acceptors (Lipinski definition) is 4. The summed E-state index contributed by atoms with van der Waals surface area (Å²) in [4.78, 5) is 12.8. The van der Waals surface area contributed by atoms with Gasteiger partial charge >= 0.3 is 0 Å². The van der Waals surface area contributed by atoms with Gasteiger partial charge in [-0.05, 0) is 18.6 Å². The summed E-state index contributed by atoms with van der Waals surface area (Å²) in [6, 6.07) is 3.47. The van der Waals surface area contributed by atoms with Crippen molar-refractivity contribution in [2.24, 2.45) is 0 Å². The van der Waals surface area contributed by atoms with Gasteiger partial charge in [-0.25, -0.2) is 0 Å². The van der Waals surface area contributed by atoms with Crippen LogP contribution < -0.4 is 10.2 Å². The molecule has 6 heteroatoms. The Morgan fingerprint density at radius 1 is 1.41 bits per heavy atom. The van der Waals surface area contributed by atoms with Crippen LogP contribution in [0.3, 0.4) is 0 Å². The Labute approximate surface area is 108 Å². The molecule has 1 aromatic carbocycles. The molecule has 0 atom stereocenters. The summed E-state index contributed by atoms with van der Waals surface area (Å²) in [5.74, 6) is 0. The molecule has 0 spiro atoms. The summed E-state index contributed by atoms with van der Waals surface area (Å²) in [5.41, 5.74) is 1.78. The topological polar surface area (TPSA) is 58.4 Å². The van der Waals surface area contributed by atoms with Gasteiger partial charge in [-0.2, -0.15) is 0 Å². The minimum atomic E-state index is -0.309. The second-order valence-corrected chi connectivity index (χ2v) is 4.94. The monoisotopic (exact) mass is 299 g/mol. The quantitative estimate of drug-likeness (QED) is 0.671. The molecule has 17 heavy (non-hydrogen) atoms. The van der Waals surface area contributed by atoms with Gasteiger partial charge in [-0.1, -0.05) is 15.9 Å². The number of aryl methyl sites for hydroxylation is 1. The Bertz CT molecular complexity index is 445. The van der Waals surface area contributed by atoms with Gasteiger partial charge in [0, 0.05) is 36.7 Å². The van der Waals surface area contributed by atoms with Crippen LogP contribution in [0.2, 0.25) is 0 Å². The lowest BCUT2D eigenvalue weighted by atomic mass is 10.1. The van der Waals surface area contributed by atoms with Crippen molar-refractivity contribution in [3.63, 3.8) is 0 Å². The van der Waals surface area contributed by atoms with Gasteiger partial charge in [-0.15, -0.1) is 0 Å². The third-order valence-electron chi connectivity index (χ3n) is 2.91. The number of halogens is 1. The highest BCUT2D eigenvalue weighted by atomic mass is 79.9. The standard InChI is InChI=1S/C11H14BrN3O2/c1-8-6-11(15(16)17)10(7-9(8)12)14-4-2-13-3-5-14/h6-7,13H,2-5H2,1H3. The maximum absolute atomic E-state index is 11.1. The smallest absolute Gasteiger partial charge is 0.292 e. The van der Waals surface area contributed by atoms with E-state index in [0.717, 1.165) is 36.2 Å². The average Bonchev–Trinajstić information content (AvgIpc) is 2.33. The predicted molar refractivity (Wildman–Crippen MR) is 70.6 cm³/mol. The predicted octanol–water partition coefficient (Wildman–Crippen LogP) is 2.08. The summed E-state index contributed by atoms with van der Waals surface area (Å²) in [6.07, 6.45) is 0. The Kier molecular flexibility index (Phi) is 3.63. The van der Waals surface area contributed by atoms with E-state index < -0.39 is 0 Å². The number of nitro groups is 1. The Balaban J connectivity index is 2.42. The summed E-state index contributed by atoms with van der Waals surface area (Å²) in [7, 11) is 0. The number of benzene rings is 1. The van der Waals surface area contributed by atoms with E-state index in [1.165, 1.54) is 0 Å². The van der Waals surface area contributed by atoms with Gasteiger partial charge in [0.1, 0.15) is 5.69 Å². The molecule has 0 radical (unpaired) electrons. The van der Waals surface area contributed by atoms with Crippen LogP contribution in [0.25, 0.3) is 0 Å². The second-order valence-electron chi connectivity index (χ2n) is 4.08. The summed E-state index contributed by atoms with van der Waals surface area (Å²) < 4.78 is 0.914. The minimum absolute atomic E-state index is 0.188. The first-order valence-corrected chi connectivity index (χ1v) is 6.29. The molecule has 1 aliphatic heterocycles. The normalized spacial score (nSPS) is 16.0. The Hall–Kier alpha value is -1.14. The van der Waals surface area contributed by atoms with Crippen molar-refractivity contribution in [1.82, 2.24) is 5.32 Å². The Morgan fingerprint density at radius 3 is 2.65 bits per heavy atom. The van der Waals surface area contributed by atoms with E-state index in [4.69, 9.17) is 0 Å². The lowest BCUT2D eigenvalue weighted by Crippen LogP contribution is -2.43. The zero-order chi connectivity index (χ0) is 12.4. The zero-order valence-corrected chi connectivity index (χ0v) is 11.2. The molecule has 0 saturated carbocycles. The van der Waals surface area contributed by atoms with Crippen molar-refractivity contribution in [1.29, 1.82) is 0 Å². The van der Waals surface area contributed by atoms with E-state index in [2.05, 4.69) is 26.1 Å². The first kappa shape index (κ1) is 12.3. The number of rotatable bonds is 2. The molecule has 1 aromatic rings. The van der Waals surface area contributed by atoms with Gasteiger partial charge in [0.15, 0.2) is 0 Å². The highest BCUT2D eigenvalue weighted by Gasteiger charge is 2.22. The SMILES string of the molecule is Cc1cc([N+](=O)[O-])c(N2CCNCC2)cc1Br. The molecular weight excluding hydrogens is 286 g/mol. The van der Waals surface area contributed by atoms with Crippen molar-refractivity contribution in [2.45, 2.75) is 6.92 Å². The van der Waals surface area contributed by atoms with E-state index in [-0.39, 0.29) is 10.6 Å². The molecule has 1 N–H and O–H groups in total. The van der Waals surface area contributed by atoms with Crippen molar-refractivity contribution >= 4 is 27.3 Å². The third-order valence-corrected chi connectivity index (χ3v) is 3.76. The van der Waals surface area contributed by atoms with Crippen LogP contribution >= 0.6 is 15.9 Å². The minimum Gasteiger partial charge on any atom is -0.363 e. The van der Waals surface area contributed by atoms with E-state index in [9.17, 15) is 10.1 Å². The third kappa shape index (κ3) is 2.58. The number of nitro benzene ring substituents is 1. The molecular formula is C11H14BrN3O2. The fourth-order valence-electron chi connectivity index (χ4n) is 1.96. The highest BCUT2D eigenvalue weighted by molar-refractivity contribution is 9.10. The van der Waals surface area contributed by atoms with Crippen molar-refractivity contribution in [3.05, 3.63) is 32.3 Å². The van der Waals surface area contributed by atoms with Crippen LogP contribution in [0.1, 0.15) is 5.56 Å². The van der Waals surface area contributed by atoms with E-state index in [1.54, 1.807) is 6.07 Å². The van der Waals surface area contributed by atoms with Gasteiger partial charge < -0.3 is 10.2 Å². The molecule has 1 aliphatic rings. The van der Waals surface area contributed by atoms with Gasteiger partial charge in [-0.3, -0.25) is 10.1 Å². The number of nitrogens with one attached hydrogen (secondary N) is 1. The summed E-state index contributed by atoms with van der Waals surface area (Å²) in [6.45, 7) is 5.19. The molecule has 0 aromatic heterocycles. The van der Waals surface area contributed by atoms with Crippen molar-refractivity contribution in [2.75, 3.05) is 31.1 Å². The molecule has 92 valence electrons. The van der Waals surface area contributed by atoms with Crippen LogP contribution in [0, 0.1) is 17.0 Å². The second kappa shape index (κ2) is 5.01. The van der Waals surface area contributed by atoms with Crippen LogP contribution in [-0.4, -0.2) is 31.1 Å². The van der Waals surface area contributed by atoms with Gasteiger partial charge in [0.25, 0.3) is 5.69 Å². The van der Waals surface area contributed by atoms with Crippen molar-refractivity contribution < 1.29 is 4.92 Å². The lowest BCUT2D eigenvalue weighted by molar-refractivity contribution is -0.384. The molecule has 1 fully saturated rings. The van der Waals surface area contributed by atoms with Crippen LogP contribution in [-0.2, 0) is 0 Å². The van der Waals surface area contributed by atoms with Crippen molar-refractivity contribution in [3.8, 4) is 0 Å². The first-order chi connectivity index (χ1) is 8.09. The van der Waals surface area contributed by atoms with E-state index in [1.807, 2.05) is 13.0 Å². The fourth-order valence-corrected chi connectivity index (χ4v) is 2.29. The molecule has 0 aliphatic carbocycles. The van der Waals surface area contributed by atoms with Crippen LogP contribution in [0.5, 0.6) is 0 Å². The summed E-state index contributed by atoms with van der Waals surface area (Å²) >= 11 is 3.43. The average molecular weight is 300 g/mol.